The third-order valence-electron chi connectivity index (χ3n) is 2.28. The Hall–Kier alpha value is -1.76. The SMILES string of the molecule is O=C(O)CCCCS(=O)c1ccccc1[N+](=O)[O-]. The summed E-state index contributed by atoms with van der Waals surface area (Å²) in [7, 11) is -1.46. The summed E-state index contributed by atoms with van der Waals surface area (Å²) in [4.78, 5) is 20.7. The van der Waals surface area contributed by atoms with Crippen LogP contribution in [0.4, 0.5) is 5.69 Å². The highest BCUT2D eigenvalue weighted by atomic mass is 32.2. The van der Waals surface area contributed by atoms with E-state index >= 15 is 0 Å². The van der Waals surface area contributed by atoms with Gasteiger partial charge in [-0.3, -0.25) is 19.1 Å². The standard InChI is InChI=1S/C11H13NO5S/c13-11(14)7-3-4-8-18(17)10-6-2-1-5-9(10)12(15)16/h1-2,5-6H,3-4,7-8H2,(H,13,14). The second kappa shape index (κ2) is 6.85. The highest BCUT2D eigenvalue weighted by Gasteiger charge is 2.17. The zero-order valence-corrected chi connectivity index (χ0v) is 10.4. The molecule has 1 atom stereocenters. The number of unbranched alkanes of at least 4 members (excludes halogenated alkanes) is 1. The summed E-state index contributed by atoms with van der Waals surface area (Å²) < 4.78 is 11.9. The van der Waals surface area contributed by atoms with Gasteiger partial charge in [-0.05, 0) is 18.9 Å². The van der Waals surface area contributed by atoms with Gasteiger partial charge >= 0.3 is 5.97 Å². The van der Waals surface area contributed by atoms with E-state index in [1.165, 1.54) is 18.2 Å². The molecular formula is C11H13NO5S. The molecule has 0 amide bonds. The normalized spacial score (nSPS) is 12.0. The average molecular weight is 271 g/mol. The zero-order valence-electron chi connectivity index (χ0n) is 9.57. The van der Waals surface area contributed by atoms with Crippen molar-refractivity contribution in [3.8, 4) is 0 Å². The summed E-state index contributed by atoms with van der Waals surface area (Å²) in [5.41, 5.74) is -0.158. The van der Waals surface area contributed by atoms with Crippen LogP contribution in [-0.2, 0) is 15.6 Å². The van der Waals surface area contributed by atoms with Gasteiger partial charge in [-0.2, -0.15) is 0 Å². The van der Waals surface area contributed by atoms with Gasteiger partial charge in [-0.1, -0.05) is 12.1 Å². The summed E-state index contributed by atoms with van der Waals surface area (Å²) in [6.07, 6.45) is 0.904. The number of para-hydroxylation sites is 1. The molecule has 1 N–H and O–H groups in total. The summed E-state index contributed by atoms with van der Waals surface area (Å²) in [5, 5.41) is 19.2. The summed E-state index contributed by atoms with van der Waals surface area (Å²) in [6.45, 7) is 0. The first-order chi connectivity index (χ1) is 8.52. The molecular weight excluding hydrogens is 258 g/mol. The number of hydrogen-bond acceptors (Lipinski definition) is 4. The van der Waals surface area contributed by atoms with E-state index in [0.29, 0.717) is 12.8 Å². The third kappa shape index (κ3) is 4.25. The Morgan fingerprint density at radius 1 is 1.33 bits per heavy atom. The van der Waals surface area contributed by atoms with Crippen LogP contribution in [0.25, 0.3) is 0 Å². The molecule has 0 aliphatic rings. The monoisotopic (exact) mass is 271 g/mol. The highest BCUT2D eigenvalue weighted by Crippen LogP contribution is 2.22. The first-order valence-electron chi connectivity index (χ1n) is 5.36. The van der Waals surface area contributed by atoms with Crippen LogP contribution in [0, 0.1) is 10.1 Å². The van der Waals surface area contributed by atoms with Gasteiger partial charge in [0.2, 0.25) is 0 Å². The molecule has 1 unspecified atom stereocenters. The lowest BCUT2D eigenvalue weighted by atomic mass is 10.2. The van der Waals surface area contributed by atoms with Gasteiger partial charge in [-0.25, -0.2) is 0 Å². The fourth-order valence-corrected chi connectivity index (χ4v) is 2.71. The maximum absolute atomic E-state index is 11.9. The van der Waals surface area contributed by atoms with Crippen molar-refractivity contribution in [1.82, 2.24) is 0 Å². The van der Waals surface area contributed by atoms with Crippen LogP contribution in [0.1, 0.15) is 19.3 Å². The first kappa shape index (κ1) is 14.3. The Morgan fingerprint density at radius 3 is 2.61 bits per heavy atom. The van der Waals surface area contributed by atoms with Crippen molar-refractivity contribution in [2.45, 2.75) is 24.2 Å². The van der Waals surface area contributed by atoms with Crippen molar-refractivity contribution < 1.29 is 19.0 Å². The fraction of sp³-hybridized carbons (Fsp3) is 0.364. The van der Waals surface area contributed by atoms with E-state index in [1.54, 1.807) is 6.07 Å². The minimum atomic E-state index is -1.46. The van der Waals surface area contributed by atoms with Crippen molar-refractivity contribution in [1.29, 1.82) is 0 Å². The van der Waals surface area contributed by atoms with Crippen LogP contribution in [0.3, 0.4) is 0 Å². The molecule has 1 aromatic carbocycles. The summed E-state index contributed by atoms with van der Waals surface area (Å²) in [6, 6.07) is 5.89. The van der Waals surface area contributed by atoms with Gasteiger partial charge in [0.15, 0.2) is 0 Å². The summed E-state index contributed by atoms with van der Waals surface area (Å²) >= 11 is 0. The van der Waals surface area contributed by atoms with E-state index in [9.17, 15) is 19.1 Å². The molecule has 6 nitrogen and oxygen atoms in total. The molecule has 0 saturated heterocycles. The molecule has 0 spiro atoms. The Kier molecular flexibility index (Phi) is 5.44. The Bertz CT molecular complexity index is 474. The van der Waals surface area contributed by atoms with Crippen molar-refractivity contribution in [3.05, 3.63) is 34.4 Å². The zero-order chi connectivity index (χ0) is 13.5. The number of aliphatic carboxylic acids is 1. The van der Waals surface area contributed by atoms with Crippen LogP contribution in [0.15, 0.2) is 29.2 Å². The lowest BCUT2D eigenvalue weighted by Gasteiger charge is -2.02. The smallest absolute Gasteiger partial charge is 0.303 e. The molecule has 0 radical (unpaired) electrons. The van der Waals surface area contributed by atoms with Gasteiger partial charge in [0.25, 0.3) is 5.69 Å². The van der Waals surface area contributed by atoms with Crippen LogP contribution >= 0.6 is 0 Å². The molecule has 0 heterocycles. The number of carboxylic acids is 1. The molecule has 7 heteroatoms. The number of carbonyl (C=O) groups is 1. The number of nitrogens with zero attached hydrogens (tertiary/aromatic N) is 1. The van der Waals surface area contributed by atoms with Crippen molar-refractivity contribution in [3.63, 3.8) is 0 Å². The fourth-order valence-electron chi connectivity index (χ4n) is 1.42. The third-order valence-corrected chi connectivity index (χ3v) is 3.77. The molecule has 98 valence electrons. The number of benzene rings is 1. The molecule has 18 heavy (non-hydrogen) atoms. The maximum atomic E-state index is 11.9. The van der Waals surface area contributed by atoms with Gasteiger partial charge in [0.1, 0.15) is 4.90 Å². The predicted molar refractivity (Wildman–Crippen MR) is 65.9 cm³/mol. The molecule has 1 aromatic rings. The van der Waals surface area contributed by atoms with Gasteiger partial charge in [0, 0.05) is 18.2 Å². The van der Waals surface area contributed by atoms with Crippen molar-refractivity contribution in [2.24, 2.45) is 0 Å². The van der Waals surface area contributed by atoms with Gasteiger partial charge < -0.3 is 5.11 Å². The van der Waals surface area contributed by atoms with Crippen molar-refractivity contribution in [2.75, 3.05) is 5.75 Å². The molecule has 0 bridgehead atoms. The van der Waals surface area contributed by atoms with Crippen LogP contribution < -0.4 is 0 Å². The topological polar surface area (TPSA) is 97.5 Å². The van der Waals surface area contributed by atoms with Gasteiger partial charge in [-0.15, -0.1) is 0 Å². The highest BCUT2D eigenvalue weighted by molar-refractivity contribution is 7.85. The Morgan fingerprint density at radius 2 is 2.00 bits per heavy atom. The van der Waals surface area contributed by atoms with E-state index in [1.807, 2.05) is 0 Å². The minimum Gasteiger partial charge on any atom is -0.481 e. The number of hydrogen-bond donors (Lipinski definition) is 1. The maximum Gasteiger partial charge on any atom is 0.303 e. The molecule has 0 aromatic heterocycles. The van der Waals surface area contributed by atoms with Crippen molar-refractivity contribution >= 4 is 22.5 Å². The lowest BCUT2D eigenvalue weighted by molar-refractivity contribution is -0.387. The second-order valence-electron chi connectivity index (χ2n) is 3.63. The first-order valence-corrected chi connectivity index (χ1v) is 6.68. The minimum absolute atomic E-state index is 0.0219. The Labute approximate surface area is 106 Å². The number of carboxylic acid groups (broad SMARTS) is 1. The van der Waals surface area contributed by atoms with E-state index in [2.05, 4.69) is 0 Å². The van der Waals surface area contributed by atoms with Crippen LogP contribution in [-0.4, -0.2) is 26.0 Å². The quantitative estimate of drug-likeness (QED) is 0.464. The van der Waals surface area contributed by atoms with Gasteiger partial charge in [0.05, 0.1) is 15.7 Å². The predicted octanol–water partition coefficient (Wildman–Crippen LogP) is 1.96. The molecule has 0 saturated carbocycles. The van der Waals surface area contributed by atoms with E-state index in [-0.39, 0.29) is 22.8 Å². The van der Waals surface area contributed by atoms with E-state index < -0.39 is 21.7 Å². The molecule has 0 aliphatic carbocycles. The van der Waals surface area contributed by atoms with Crippen LogP contribution in [0.2, 0.25) is 0 Å². The van der Waals surface area contributed by atoms with Crippen LogP contribution in [0.5, 0.6) is 0 Å². The largest absolute Gasteiger partial charge is 0.481 e. The lowest BCUT2D eigenvalue weighted by Crippen LogP contribution is -2.03. The molecule has 0 aliphatic heterocycles. The Balaban J connectivity index is 2.61. The second-order valence-corrected chi connectivity index (χ2v) is 5.16. The average Bonchev–Trinajstić information content (AvgIpc) is 2.34. The van der Waals surface area contributed by atoms with E-state index in [0.717, 1.165) is 0 Å². The number of nitro groups is 1. The number of rotatable bonds is 7. The summed E-state index contributed by atoms with van der Waals surface area (Å²) in [5.74, 6) is -0.663. The molecule has 0 fully saturated rings. The number of nitro benzene ring substituents is 1. The van der Waals surface area contributed by atoms with E-state index in [4.69, 9.17) is 5.11 Å². The molecule has 1 rings (SSSR count).